The van der Waals surface area contributed by atoms with Gasteiger partial charge in [-0.05, 0) is 42.5 Å². The van der Waals surface area contributed by atoms with Crippen LogP contribution in [0, 0.1) is 0 Å². The Kier molecular flexibility index (Phi) is 6.39. The fourth-order valence-corrected chi connectivity index (χ4v) is 4.41. The van der Waals surface area contributed by atoms with E-state index in [1.807, 2.05) is 12.1 Å². The number of benzene rings is 2. The van der Waals surface area contributed by atoms with Crippen LogP contribution >= 0.6 is 23.4 Å². The monoisotopic (exact) mass is 420 g/mol. The number of sulfonamides is 1. The van der Waals surface area contributed by atoms with Crippen molar-refractivity contribution in [3.63, 3.8) is 0 Å². The van der Waals surface area contributed by atoms with Crippen LogP contribution in [0.5, 0.6) is 0 Å². The molecule has 25 heavy (non-hydrogen) atoms. The zero-order valence-electron chi connectivity index (χ0n) is 13.3. The van der Waals surface area contributed by atoms with Gasteiger partial charge in [-0.25, -0.2) is 22.0 Å². The minimum Gasteiger partial charge on any atom is -0.383 e. The van der Waals surface area contributed by atoms with Gasteiger partial charge in [-0.1, -0.05) is 11.6 Å². The molecule has 0 saturated heterocycles. The lowest BCUT2D eigenvalue weighted by Gasteiger charge is -2.12. The van der Waals surface area contributed by atoms with E-state index in [0.717, 1.165) is 17.2 Å². The Morgan fingerprint density at radius 3 is 2.28 bits per heavy atom. The van der Waals surface area contributed by atoms with E-state index in [-0.39, 0.29) is 9.79 Å². The lowest BCUT2D eigenvalue weighted by atomic mass is 10.3. The number of sulfone groups is 1. The molecule has 6 nitrogen and oxygen atoms in total. The summed E-state index contributed by atoms with van der Waals surface area (Å²) in [5, 5.41) is 8.74. The Labute approximate surface area is 156 Å². The predicted molar refractivity (Wildman–Crippen MR) is 102 cm³/mol. The van der Waals surface area contributed by atoms with Crippen LogP contribution in [0.2, 0.25) is 5.02 Å². The van der Waals surface area contributed by atoms with Crippen LogP contribution in [-0.2, 0) is 19.9 Å². The van der Waals surface area contributed by atoms with Crippen molar-refractivity contribution in [1.82, 2.24) is 0 Å². The molecule has 0 amide bonds. The second-order valence-corrected chi connectivity index (χ2v) is 10.4. The highest BCUT2D eigenvalue weighted by Gasteiger charge is 2.18. The molecule has 0 aliphatic carbocycles. The van der Waals surface area contributed by atoms with Crippen LogP contribution in [0.3, 0.4) is 0 Å². The Balaban J connectivity index is 2.09. The highest BCUT2D eigenvalue weighted by molar-refractivity contribution is 7.99. The van der Waals surface area contributed by atoms with Gasteiger partial charge in [0, 0.05) is 28.5 Å². The zero-order valence-corrected chi connectivity index (χ0v) is 16.5. The lowest BCUT2D eigenvalue weighted by molar-refractivity contribution is 0.597. The van der Waals surface area contributed by atoms with Gasteiger partial charge in [-0.3, -0.25) is 0 Å². The molecular formula is C15H17ClN2O4S3. The van der Waals surface area contributed by atoms with Crippen molar-refractivity contribution in [3.8, 4) is 0 Å². The zero-order chi connectivity index (χ0) is 18.7. The van der Waals surface area contributed by atoms with Crippen molar-refractivity contribution < 1.29 is 16.8 Å². The van der Waals surface area contributed by atoms with Crippen molar-refractivity contribution in [1.29, 1.82) is 0 Å². The van der Waals surface area contributed by atoms with Crippen LogP contribution in [0.4, 0.5) is 5.69 Å². The van der Waals surface area contributed by atoms with Crippen molar-refractivity contribution in [2.45, 2.75) is 14.7 Å². The van der Waals surface area contributed by atoms with Crippen molar-refractivity contribution in [2.75, 3.05) is 23.9 Å². The third-order valence-electron chi connectivity index (χ3n) is 3.18. The van der Waals surface area contributed by atoms with Crippen molar-refractivity contribution in [3.05, 3.63) is 47.5 Å². The third-order valence-corrected chi connectivity index (χ3v) is 6.49. The number of rotatable bonds is 7. The first-order valence-electron chi connectivity index (χ1n) is 7.06. The molecule has 136 valence electrons. The van der Waals surface area contributed by atoms with Gasteiger partial charge < -0.3 is 5.32 Å². The van der Waals surface area contributed by atoms with E-state index in [0.29, 0.717) is 23.0 Å². The molecule has 0 aromatic heterocycles. The van der Waals surface area contributed by atoms with Crippen molar-refractivity contribution >= 4 is 48.9 Å². The largest absolute Gasteiger partial charge is 0.383 e. The van der Waals surface area contributed by atoms with Crippen molar-refractivity contribution in [2.24, 2.45) is 5.14 Å². The molecule has 0 aliphatic heterocycles. The SMILES string of the molecule is CS(=O)(=O)c1cc(S(N)(=O)=O)ccc1NCCSc1ccc(Cl)cc1. The Morgan fingerprint density at radius 2 is 1.72 bits per heavy atom. The van der Waals surface area contributed by atoms with E-state index in [1.54, 1.807) is 23.9 Å². The maximum absolute atomic E-state index is 11.9. The molecule has 2 aromatic rings. The van der Waals surface area contributed by atoms with Gasteiger partial charge in [0.05, 0.1) is 15.5 Å². The minimum atomic E-state index is -3.97. The van der Waals surface area contributed by atoms with Gasteiger partial charge >= 0.3 is 0 Å². The Morgan fingerprint density at radius 1 is 1.08 bits per heavy atom. The molecular weight excluding hydrogens is 404 g/mol. The summed E-state index contributed by atoms with van der Waals surface area (Å²) in [6.45, 7) is 0.491. The summed E-state index contributed by atoms with van der Waals surface area (Å²) in [7, 11) is -7.59. The second kappa shape index (κ2) is 7.96. The van der Waals surface area contributed by atoms with E-state index >= 15 is 0 Å². The molecule has 0 spiro atoms. The molecule has 10 heteroatoms. The lowest BCUT2D eigenvalue weighted by Crippen LogP contribution is -2.14. The Hall–Kier alpha value is -1.26. The average molecular weight is 421 g/mol. The first-order chi connectivity index (χ1) is 11.6. The number of primary sulfonamides is 1. The van der Waals surface area contributed by atoms with Crippen LogP contribution in [-0.4, -0.2) is 35.4 Å². The standard InChI is InChI=1S/C15H17ClN2O4S3/c1-24(19,20)15-10-13(25(17,21)22)6-7-14(15)18-8-9-23-12-4-2-11(16)3-5-12/h2-7,10,18H,8-9H2,1H3,(H2,17,21,22). The molecule has 3 N–H and O–H groups in total. The van der Waals surface area contributed by atoms with Gasteiger partial charge in [0.25, 0.3) is 0 Å². The fourth-order valence-electron chi connectivity index (χ4n) is 2.02. The number of thioether (sulfide) groups is 1. The summed E-state index contributed by atoms with van der Waals surface area (Å²) in [6.07, 6.45) is 1.02. The number of hydrogen-bond acceptors (Lipinski definition) is 6. The topological polar surface area (TPSA) is 106 Å². The number of hydrogen-bond donors (Lipinski definition) is 2. The van der Waals surface area contributed by atoms with Gasteiger partial charge in [0.2, 0.25) is 10.0 Å². The van der Waals surface area contributed by atoms with E-state index in [1.165, 1.54) is 12.1 Å². The van der Waals surface area contributed by atoms with Crippen LogP contribution < -0.4 is 10.5 Å². The summed E-state index contributed by atoms with van der Waals surface area (Å²) in [5.74, 6) is 0.682. The number of anilines is 1. The summed E-state index contributed by atoms with van der Waals surface area (Å²) in [5.41, 5.74) is 0.339. The average Bonchev–Trinajstić information content (AvgIpc) is 2.51. The molecule has 0 heterocycles. The van der Waals surface area contributed by atoms with Crippen LogP contribution in [0.1, 0.15) is 0 Å². The van der Waals surface area contributed by atoms with E-state index in [4.69, 9.17) is 16.7 Å². The molecule has 0 bridgehead atoms. The molecule has 0 aliphatic rings. The molecule has 0 radical (unpaired) electrons. The van der Waals surface area contributed by atoms with Crippen LogP contribution in [0.15, 0.2) is 57.2 Å². The summed E-state index contributed by atoms with van der Waals surface area (Å²) in [4.78, 5) is 0.698. The fraction of sp³-hybridized carbons (Fsp3) is 0.200. The van der Waals surface area contributed by atoms with Gasteiger partial charge in [-0.2, -0.15) is 0 Å². The predicted octanol–water partition coefficient (Wildman–Crippen LogP) is 2.60. The van der Waals surface area contributed by atoms with Gasteiger partial charge in [0.1, 0.15) is 0 Å². The smallest absolute Gasteiger partial charge is 0.238 e. The first kappa shape index (κ1) is 20.1. The molecule has 0 unspecified atom stereocenters. The maximum atomic E-state index is 11.9. The van der Waals surface area contributed by atoms with E-state index in [2.05, 4.69) is 5.32 Å². The normalized spacial score (nSPS) is 12.1. The number of nitrogens with two attached hydrogens (primary N) is 1. The highest BCUT2D eigenvalue weighted by Crippen LogP contribution is 2.25. The summed E-state index contributed by atoms with van der Waals surface area (Å²) < 4.78 is 46.7. The minimum absolute atomic E-state index is 0.101. The molecule has 0 fully saturated rings. The van der Waals surface area contributed by atoms with E-state index < -0.39 is 19.9 Å². The first-order valence-corrected chi connectivity index (χ1v) is 11.9. The van der Waals surface area contributed by atoms with Gasteiger partial charge in [0.15, 0.2) is 9.84 Å². The molecule has 2 aromatic carbocycles. The van der Waals surface area contributed by atoms with E-state index in [9.17, 15) is 16.8 Å². The summed E-state index contributed by atoms with van der Waals surface area (Å²) >= 11 is 7.41. The second-order valence-electron chi connectivity index (χ2n) is 5.20. The quantitative estimate of drug-likeness (QED) is 0.526. The molecule has 0 saturated carbocycles. The molecule has 0 atom stereocenters. The van der Waals surface area contributed by atoms with Gasteiger partial charge in [-0.15, -0.1) is 11.8 Å². The number of nitrogens with one attached hydrogen (secondary N) is 1. The number of halogens is 1. The highest BCUT2D eigenvalue weighted by atomic mass is 35.5. The third kappa shape index (κ3) is 5.89. The molecule has 2 rings (SSSR count). The van der Waals surface area contributed by atoms with Crippen LogP contribution in [0.25, 0.3) is 0 Å². The summed E-state index contributed by atoms with van der Waals surface area (Å²) in [6, 6.07) is 11.1. The Bertz CT molecular complexity index is 959. The maximum Gasteiger partial charge on any atom is 0.238 e.